The molecule has 0 bridgehead atoms. The fourth-order valence-electron chi connectivity index (χ4n) is 2.55. The molecule has 0 aliphatic carbocycles. The highest BCUT2D eigenvalue weighted by molar-refractivity contribution is 5.77. The molecule has 138 valence electrons. The molecule has 0 saturated carbocycles. The Hall–Kier alpha value is -3.62. The predicted octanol–water partition coefficient (Wildman–Crippen LogP) is 1.30. The van der Waals surface area contributed by atoms with Crippen molar-refractivity contribution in [2.24, 2.45) is 7.05 Å². The first-order valence-electron chi connectivity index (χ1n) is 8.30. The van der Waals surface area contributed by atoms with Gasteiger partial charge in [0.15, 0.2) is 18.1 Å². The number of aromatic nitrogens is 4. The molecule has 9 heteroatoms. The Balaban J connectivity index is 1.26. The van der Waals surface area contributed by atoms with Crippen LogP contribution >= 0.6 is 0 Å². The Kier molecular flexibility index (Phi) is 4.56. The number of hydrogen-bond donors (Lipinski definition) is 1. The van der Waals surface area contributed by atoms with E-state index in [2.05, 4.69) is 20.7 Å². The summed E-state index contributed by atoms with van der Waals surface area (Å²) < 4.78 is 16.1. The van der Waals surface area contributed by atoms with Crippen LogP contribution in [0, 0.1) is 0 Å². The van der Waals surface area contributed by atoms with E-state index in [9.17, 15) is 4.79 Å². The van der Waals surface area contributed by atoms with E-state index in [-0.39, 0.29) is 19.3 Å². The molecule has 0 fully saturated rings. The van der Waals surface area contributed by atoms with E-state index in [0.717, 1.165) is 11.1 Å². The van der Waals surface area contributed by atoms with E-state index < -0.39 is 0 Å². The lowest BCUT2D eigenvalue weighted by atomic mass is 10.2. The number of nitrogens with one attached hydrogen (secondary N) is 1. The van der Waals surface area contributed by atoms with Crippen molar-refractivity contribution in [3.63, 3.8) is 0 Å². The average molecular weight is 367 g/mol. The van der Waals surface area contributed by atoms with Gasteiger partial charge in [-0.1, -0.05) is 6.07 Å². The monoisotopic (exact) mass is 367 g/mol. The molecule has 9 nitrogen and oxygen atoms in total. The van der Waals surface area contributed by atoms with Gasteiger partial charge >= 0.3 is 0 Å². The first-order valence-corrected chi connectivity index (χ1v) is 8.30. The second-order valence-electron chi connectivity index (χ2n) is 5.88. The zero-order valence-electron chi connectivity index (χ0n) is 14.6. The van der Waals surface area contributed by atoms with Crippen LogP contribution < -0.4 is 19.5 Å². The van der Waals surface area contributed by atoms with Crippen molar-refractivity contribution in [3.05, 3.63) is 48.0 Å². The van der Waals surface area contributed by atoms with Gasteiger partial charge in [0, 0.05) is 12.1 Å². The molecule has 0 atom stereocenters. The molecular formula is C18H17N5O4. The number of hydrogen-bond acceptors (Lipinski definition) is 7. The van der Waals surface area contributed by atoms with Crippen molar-refractivity contribution in [2.45, 2.75) is 6.54 Å². The molecule has 1 amide bonds. The highest BCUT2D eigenvalue weighted by Crippen LogP contribution is 2.32. The zero-order valence-corrected chi connectivity index (χ0v) is 14.6. The number of fused-ring (bicyclic) bond motifs is 1. The summed E-state index contributed by atoms with van der Waals surface area (Å²) in [6.07, 6.45) is 0. The number of benzene rings is 2. The summed E-state index contributed by atoms with van der Waals surface area (Å²) in [7, 11) is 1.70. The van der Waals surface area contributed by atoms with Gasteiger partial charge in [-0.05, 0) is 47.2 Å². The van der Waals surface area contributed by atoms with Gasteiger partial charge in [-0.15, -0.1) is 10.2 Å². The van der Waals surface area contributed by atoms with Gasteiger partial charge in [-0.3, -0.25) is 4.79 Å². The van der Waals surface area contributed by atoms with Gasteiger partial charge in [-0.25, -0.2) is 0 Å². The maximum absolute atomic E-state index is 12.0. The van der Waals surface area contributed by atoms with Crippen molar-refractivity contribution in [3.8, 4) is 28.6 Å². The van der Waals surface area contributed by atoms with Crippen LogP contribution in [0.25, 0.3) is 11.4 Å². The molecule has 0 unspecified atom stereocenters. The van der Waals surface area contributed by atoms with E-state index in [0.29, 0.717) is 29.6 Å². The third-order valence-corrected chi connectivity index (χ3v) is 3.92. The van der Waals surface area contributed by atoms with Crippen molar-refractivity contribution < 1.29 is 19.0 Å². The Morgan fingerprint density at radius 3 is 2.78 bits per heavy atom. The van der Waals surface area contributed by atoms with Crippen LogP contribution in [0.5, 0.6) is 17.2 Å². The van der Waals surface area contributed by atoms with Gasteiger partial charge < -0.3 is 19.5 Å². The molecule has 1 aliphatic heterocycles. The summed E-state index contributed by atoms with van der Waals surface area (Å²) in [6.45, 7) is 0.536. The Bertz CT molecular complexity index is 955. The summed E-state index contributed by atoms with van der Waals surface area (Å²) in [6, 6.07) is 12.7. The first kappa shape index (κ1) is 16.8. The lowest BCUT2D eigenvalue weighted by Gasteiger charge is -2.08. The number of carbonyl (C=O) groups is 1. The molecule has 1 N–H and O–H groups in total. The maximum Gasteiger partial charge on any atom is 0.258 e. The number of nitrogens with zero attached hydrogens (tertiary/aromatic N) is 4. The summed E-state index contributed by atoms with van der Waals surface area (Å²) >= 11 is 0. The highest BCUT2D eigenvalue weighted by atomic mass is 16.7. The molecule has 0 radical (unpaired) electrons. The third kappa shape index (κ3) is 3.97. The third-order valence-electron chi connectivity index (χ3n) is 3.92. The minimum absolute atomic E-state index is 0.0761. The molecule has 1 aromatic heterocycles. The van der Waals surface area contributed by atoms with Crippen LogP contribution in [0.3, 0.4) is 0 Å². The number of ether oxygens (including phenoxy) is 3. The van der Waals surface area contributed by atoms with Crippen LogP contribution in [0.2, 0.25) is 0 Å². The minimum atomic E-state index is -0.215. The molecule has 2 heterocycles. The average Bonchev–Trinajstić information content (AvgIpc) is 3.33. The zero-order chi connectivity index (χ0) is 18.6. The summed E-state index contributed by atoms with van der Waals surface area (Å²) in [4.78, 5) is 13.4. The lowest BCUT2D eigenvalue weighted by Crippen LogP contribution is -2.28. The Morgan fingerprint density at radius 1 is 1.19 bits per heavy atom. The number of carbonyl (C=O) groups excluding carboxylic acids is 1. The topological polar surface area (TPSA) is 100 Å². The largest absolute Gasteiger partial charge is 0.484 e. The van der Waals surface area contributed by atoms with Gasteiger partial charge in [0.05, 0.1) is 7.05 Å². The molecule has 0 spiro atoms. The van der Waals surface area contributed by atoms with Gasteiger partial charge in [0.1, 0.15) is 5.75 Å². The van der Waals surface area contributed by atoms with Gasteiger partial charge in [-0.2, -0.15) is 4.80 Å². The fraction of sp³-hybridized carbons (Fsp3) is 0.222. The van der Waals surface area contributed by atoms with E-state index in [4.69, 9.17) is 14.2 Å². The molecule has 27 heavy (non-hydrogen) atoms. The van der Waals surface area contributed by atoms with E-state index in [1.165, 1.54) is 4.80 Å². The number of tetrazole rings is 1. The molecular weight excluding hydrogens is 350 g/mol. The van der Waals surface area contributed by atoms with Crippen molar-refractivity contribution in [2.75, 3.05) is 13.4 Å². The van der Waals surface area contributed by atoms with Gasteiger partial charge in [0.2, 0.25) is 12.6 Å². The van der Waals surface area contributed by atoms with Crippen LogP contribution in [-0.2, 0) is 18.4 Å². The summed E-state index contributed by atoms with van der Waals surface area (Å²) in [5.74, 6) is 2.31. The fourth-order valence-corrected chi connectivity index (χ4v) is 2.55. The molecule has 3 aromatic rings. The van der Waals surface area contributed by atoms with Crippen LogP contribution in [0.1, 0.15) is 5.56 Å². The summed E-state index contributed by atoms with van der Waals surface area (Å²) in [5.41, 5.74) is 1.75. The van der Waals surface area contributed by atoms with E-state index in [1.807, 2.05) is 30.3 Å². The second kappa shape index (κ2) is 7.32. The lowest BCUT2D eigenvalue weighted by molar-refractivity contribution is -0.123. The Morgan fingerprint density at radius 2 is 2.00 bits per heavy atom. The number of rotatable bonds is 6. The van der Waals surface area contributed by atoms with E-state index >= 15 is 0 Å². The van der Waals surface area contributed by atoms with Crippen molar-refractivity contribution in [1.29, 1.82) is 0 Å². The minimum Gasteiger partial charge on any atom is -0.484 e. The normalized spacial score (nSPS) is 12.0. The summed E-state index contributed by atoms with van der Waals surface area (Å²) in [5, 5.41) is 14.7. The molecule has 2 aromatic carbocycles. The molecule has 1 aliphatic rings. The maximum atomic E-state index is 12.0. The Labute approximate surface area is 154 Å². The smallest absolute Gasteiger partial charge is 0.258 e. The van der Waals surface area contributed by atoms with Crippen molar-refractivity contribution >= 4 is 5.91 Å². The van der Waals surface area contributed by atoms with Crippen LogP contribution in [0.4, 0.5) is 0 Å². The quantitative estimate of drug-likeness (QED) is 0.701. The first-order chi connectivity index (χ1) is 13.2. The second-order valence-corrected chi connectivity index (χ2v) is 5.88. The van der Waals surface area contributed by atoms with Crippen LogP contribution in [0.15, 0.2) is 42.5 Å². The number of aryl methyl sites for hydroxylation is 1. The molecule has 0 saturated heterocycles. The number of amides is 1. The standard InChI is InChI=1S/C18H17N5O4/c1-23-21-18(20-22-23)13-3-5-14(6-4-13)25-10-17(24)19-9-12-2-7-15-16(8-12)27-11-26-15/h2-8H,9-11H2,1H3,(H,19,24). The highest BCUT2D eigenvalue weighted by Gasteiger charge is 2.13. The van der Waals surface area contributed by atoms with Crippen LogP contribution in [-0.4, -0.2) is 39.5 Å². The SMILES string of the molecule is Cn1nnc(-c2ccc(OCC(=O)NCc3ccc4c(c3)OCO4)cc2)n1. The molecule has 4 rings (SSSR count). The van der Waals surface area contributed by atoms with Gasteiger partial charge in [0.25, 0.3) is 5.91 Å². The van der Waals surface area contributed by atoms with E-state index in [1.54, 1.807) is 19.2 Å². The predicted molar refractivity (Wildman–Crippen MR) is 94.1 cm³/mol. The van der Waals surface area contributed by atoms with Crippen molar-refractivity contribution in [1.82, 2.24) is 25.5 Å².